The van der Waals surface area contributed by atoms with Crippen molar-refractivity contribution in [3.05, 3.63) is 41.5 Å². The molecule has 3 aromatic rings. The summed E-state index contributed by atoms with van der Waals surface area (Å²) in [6, 6.07) is 8.61. The van der Waals surface area contributed by atoms with Crippen molar-refractivity contribution in [2.75, 3.05) is 17.9 Å². The molecule has 6 nitrogen and oxygen atoms in total. The molecule has 0 spiro atoms. The third-order valence-corrected chi connectivity index (χ3v) is 6.26. The maximum absolute atomic E-state index is 12.7. The Bertz CT molecular complexity index is 1070. The van der Waals surface area contributed by atoms with Crippen molar-refractivity contribution >= 4 is 36.7 Å². The number of sulfonamides is 1. The maximum atomic E-state index is 12.7. The molecule has 0 unspecified atom stereocenters. The smallest absolute Gasteiger partial charge is 0.263 e. The van der Waals surface area contributed by atoms with E-state index in [0.717, 1.165) is 21.3 Å². The molecule has 1 aliphatic heterocycles. The van der Waals surface area contributed by atoms with E-state index in [1.165, 1.54) is 23.5 Å². The van der Waals surface area contributed by atoms with Gasteiger partial charge in [-0.1, -0.05) is 17.4 Å². The Morgan fingerprint density at radius 3 is 2.64 bits per heavy atom. The molecule has 0 fully saturated rings. The van der Waals surface area contributed by atoms with Gasteiger partial charge in [0.25, 0.3) is 10.0 Å². The molecule has 0 saturated heterocycles. The number of anilines is 1. The first-order valence-electron chi connectivity index (χ1n) is 7.73. The molecular formula is C17H16N2O4S2. The molecule has 25 heavy (non-hydrogen) atoms. The first-order chi connectivity index (χ1) is 11.9. The summed E-state index contributed by atoms with van der Waals surface area (Å²) in [4.78, 5) is 4.54. The number of hydrogen-bond donors (Lipinski definition) is 1. The van der Waals surface area contributed by atoms with E-state index in [1.54, 1.807) is 6.07 Å². The highest BCUT2D eigenvalue weighted by atomic mass is 32.2. The zero-order valence-electron chi connectivity index (χ0n) is 13.7. The average molecular weight is 376 g/mol. The Kier molecular flexibility index (Phi) is 3.81. The largest absolute Gasteiger partial charge is 0.486 e. The molecule has 2 aromatic carbocycles. The van der Waals surface area contributed by atoms with Gasteiger partial charge in [0.1, 0.15) is 13.2 Å². The molecule has 1 aromatic heterocycles. The highest BCUT2D eigenvalue weighted by Gasteiger charge is 2.21. The Morgan fingerprint density at radius 2 is 1.84 bits per heavy atom. The van der Waals surface area contributed by atoms with Gasteiger partial charge in [0, 0.05) is 6.07 Å². The SMILES string of the molecule is Cc1cc(C)c2nc(NS(=O)(=O)c3ccc4c(c3)OCCO4)sc2c1. The quantitative estimate of drug-likeness (QED) is 0.757. The first-order valence-corrected chi connectivity index (χ1v) is 10.0. The lowest BCUT2D eigenvalue weighted by molar-refractivity contribution is 0.171. The van der Waals surface area contributed by atoms with Crippen molar-refractivity contribution < 1.29 is 17.9 Å². The minimum Gasteiger partial charge on any atom is -0.486 e. The summed E-state index contributed by atoms with van der Waals surface area (Å²) in [5.41, 5.74) is 2.96. The topological polar surface area (TPSA) is 77.5 Å². The minimum absolute atomic E-state index is 0.115. The fourth-order valence-corrected chi connectivity index (χ4v) is 5.07. The van der Waals surface area contributed by atoms with Crippen LogP contribution in [0.25, 0.3) is 10.2 Å². The summed E-state index contributed by atoms with van der Waals surface area (Å²) in [6.07, 6.45) is 0. The summed E-state index contributed by atoms with van der Waals surface area (Å²) < 4.78 is 39.7. The standard InChI is InChI=1S/C17H16N2O4S2/c1-10-7-11(2)16-15(8-10)24-17(18-16)19-25(20,21)12-3-4-13-14(9-12)23-6-5-22-13/h3-4,7-9H,5-6H2,1-2H3,(H,18,19). The maximum Gasteiger partial charge on any atom is 0.263 e. The van der Waals surface area contributed by atoms with Crippen LogP contribution < -0.4 is 14.2 Å². The van der Waals surface area contributed by atoms with Gasteiger partial charge in [-0.25, -0.2) is 13.4 Å². The van der Waals surface area contributed by atoms with Crippen LogP contribution in [0, 0.1) is 13.8 Å². The van der Waals surface area contributed by atoms with Crippen molar-refractivity contribution in [1.82, 2.24) is 4.98 Å². The van der Waals surface area contributed by atoms with E-state index in [9.17, 15) is 8.42 Å². The molecule has 2 heterocycles. The molecule has 1 N–H and O–H groups in total. The predicted molar refractivity (Wildman–Crippen MR) is 97.3 cm³/mol. The Morgan fingerprint density at radius 1 is 1.08 bits per heavy atom. The second-order valence-corrected chi connectivity index (χ2v) is 8.57. The highest BCUT2D eigenvalue weighted by Crippen LogP contribution is 2.34. The van der Waals surface area contributed by atoms with E-state index < -0.39 is 10.0 Å². The summed E-state index contributed by atoms with van der Waals surface area (Å²) in [6.45, 7) is 4.83. The Hall–Kier alpha value is -2.32. The van der Waals surface area contributed by atoms with Crippen LogP contribution in [0.15, 0.2) is 35.2 Å². The summed E-state index contributed by atoms with van der Waals surface area (Å²) >= 11 is 1.32. The van der Waals surface area contributed by atoms with Crippen LogP contribution in [0.1, 0.15) is 11.1 Å². The molecule has 0 atom stereocenters. The van der Waals surface area contributed by atoms with Gasteiger partial charge in [-0.15, -0.1) is 0 Å². The number of ether oxygens (including phenoxy) is 2. The van der Waals surface area contributed by atoms with E-state index >= 15 is 0 Å². The number of aromatic nitrogens is 1. The molecule has 8 heteroatoms. The lowest BCUT2D eigenvalue weighted by Gasteiger charge is -2.18. The van der Waals surface area contributed by atoms with Crippen LogP contribution in [0.4, 0.5) is 5.13 Å². The molecule has 0 radical (unpaired) electrons. The van der Waals surface area contributed by atoms with Crippen LogP contribution in [0.2, 0.25) is 0 Å². The van der Waals surface area contributed by atoms with Crippen LogP contribution in [0.3, 0.4) is 0 Å². The molecule has 4 rings (SSSR count). The van der Waals surface area contributed by atoms with Gasteiger partial charge in [0.05, 0.1) is 15.1 Å². The van der Waals surface area contributed by atoms with Crippen molar-refractivity contribution in [3.8, 4) is 11.5 Å². The zero-order valence-corrected chi connectivity index (χ0v) is 15.3. The van der Waals surface area contributed by atoms with Gasteiger partial charge in [0.15, 0.2) is 16.6 Å². The monoisotopic (exact) mass is 376 g/mol. The molecule has 0 aliphatic carbocycles. The van der Waals surface area contributed by atoms with Gasteiger partial charge in [-0.2, -0.15) is 0 Å². The molecule has 130 valence electrons. The fourth-order valence-electron chi connectivity index (χ4n) is 2.78. The summed E-state index contributed by atoms with van der Waals surface area (Å²) in [5, 5.41) is 0.346. The Labute approximate surface area is 149 Å². The van der Waals surface area contributed by atoms with Gasteiger partial charge >= 0.3 is 0 Å². The number of benzene rings is 2. The molecule has 1 aliphatic rings. The van der Waals surface area contributed by atoms with Crippen LogP contribution >= 0.6 is 11.3 Å². The predicted octanol–water partition coefficient (Wildman–Crippen LogP) is 3.49. The molecule has 0 saturated carbocycles. The number of fused-ring (bicyclic) bond motifs is 2. The van der Waals surface area contributed by atoms with Crippen molar-refractivity contribution in [2.24, 2.45) is 0 Å². The number of hydrogen-bond acceptors (Lipinski definition) is 6. The van der Waals surface area contributed by atoms with Crippen molar-refractivity contribution in [3.63, 3.8) is 0 Å². The fraction of sp³-hybridized carbons (Fsp3) is 0.235. The number of thiazole rings is 1. The van der Waals surface area contributed by atoms with E-state index in [1.807, 2.05) is 26.0 Å². The van der Waals surface area contributed by atoms with Crippen molar-refractivity contribution in [1.29, 1.82) is 0 Å². The molecule has 0 amide bonds. The number of aryl methyl sites for hydroxylation is 2. The minimum atomic E-state index is -3.76. The number of nitrogens with one attached hydrogen (secondary N) is 1. The normalized spacial score (nSPS) is 13.8. The second-order valence-electron chi connectivity index (χ2n) is 5.86. The summed E-state index contributed by atoms with van der Waals surface area (Å²) in [5.74, 6) is 0.987. The Balaban J connectivity index is 1.68. The van der Waals surface area contributed by atoms with Gasteiger partial charge < -0.3 is 9.47 Å². The lowest BCUT2D eigenvalue weighted by Crippen LogP contribution is -2.17. The number of rotatable bonds is 3. The zero-order chi connectivity index (χ0) is 17.6. The van der Waals surface area contributed by atoms with Gasteiger partial charge in [0.2, 0.25) is 0 Å². The highest BCUT2D eigenvalue weighted by molar-refractivity contribution is 7.93. The van der Waals surface area contributed by atoms with Crippen molar-refractivity contribution in [2.45, 2.75) is 18.7 Å². The van der Waals surface area contributed by atoms with Crippen LogP contribution in [-0.4, -0.2) is 26.6 Å². The first kappa shape index (κ1) is 16.2. The van der Waals surface area contributed by atoms with E-state index in [2.05, 4.69) is 9.71 Å². The lowest BCUT2D eigenvalue weighted by atomic mass is 10.1. The third-order valence-electron chi connectivity index (χ3n) is 3.88. The average Bonchev–Trinajstić information content (AvgIpc) is 2.96. The van der Waals surface area contributed by atoms with E-state index in [4.69, 9.17) is 9.47 Å². The van der Waals surface area contributed by atoms with Gasteiger partial charge in [-0.3, -0.25) is 4.72 Å². The van der Waals surface area contributed by atoms with E-state index in [0.29, 0.717) is 29.8 Å². The summed E-state index contributed by atoms with van der Waals surface area (Å²) in [7, 11) is -3.76. The molecule has 0 bridgehead atoms. The third kappa shape index (κ3) is 3.03. The van der Waals surface area contributed by atoms with E-state index in [-0.39, 0.29) is 4.90 Å². The van der Waals surface area contributed by atoms with Crippen LogP contribution in [-0.2, 0) is 10.0 Å². The van der Waals surface area contributed by atoms with Gasteiger partial charge in [-0.05, 0) is 43.2 Å². The van der Waals surface area contributed by atoms with Crippen LogP contribution in [0.5, 0.6) is 11.5 Å². The number of nitrogens with zero attached hydrogens (tertiary/aromatic N) is 1. The molecular weight excluding hydrogens is 360 g/mol. The second kappa shape index (κ2) is 5.89.